The average molecular weight is 383 g/mol. The van der Waals surface area contributed by atoms with Crippen LogP contribution in [0, 0.1) is 12.7 Å². The molecule has 0 saturated carbocycles. The number of anilines is 1. The Balaban J connectivity index is 1.45. The van der Waals surface area contributed by atoms with E-state index >= 15 is 0 Å². The molecule has 0 radical (unpaired) electrons. The fourth-order valence-electron chi connectivity index (χ4n) is 3.79. The van der Waals surface area contributed by atoms with Crippen LogP contribution in [0.2, 0.25) is 0 Å². The first-order chi connectivity index (χ1) is 13.5. The Morgan fingerprint density at radius 1 is 1.21 bits per heavy atom. The fraction of sp³-hybridized carbons (Fsp3) is 0.381. The molecule has 2 aromatic rings. The molecule has 2 saturated heterocycles. The molecule has 0 bridgehead atoms. The summed E-state index contributed by atoms with van der Waals surface area (Å²) in [5.74, 6) is -0.602. The van der Waals surface area contributed by atoms with Crippen molar-refractivity contribution in [2.45, 2.75) is 25.4 Å². The molecule has 6 nitrogen and oxygen atoms in total. The maximum Gasteiger partial charge on any atom is 0.255 e. The molecule has 2 amide bonds. The van der Waals surface area contributed by atoms with Gasteiger partial charge in [0.25, 0.3) is 11.8 Å². The third-order valence-electron chi connectivity index (χ3n) is 5.49. The zero-order valence-corrected chi connectivity index (χ0v) is 15.7. The van der Waals surface area contributed by atoms with Gasteiger partial charge in [0.15, 0.2) is 0 Å². The molecular weight excluding hydrogens is 361 g/mol. The second-order valence-corrected chi connectivity index (χ2v) is 7.41. The highest BCUT2D eigenvalue weighted by atomic mass is 19.1. The van der Waals surface area contributed by atoms with Crippen LogP contribution in [0.4, 0.5) is 10.1 Å². The summed E-state index contributed by atoms with van der Waals surface area (Å²) < 4.78 is 19.5. The zero-order chi connectivity index (χ0) is 19.7. The third kappa shape index (κ3) is 3.62. The van der Waals surface area contributed by atoms with Crippen LogP contribution in [0.3, 0.4) is 0 Å². The number of piperidine rings is 1. The van der Waals surface area contributed by atoms with E-state index in [1.54, 1.807) is 34.2 Å². The van der Waals surface area contributed by atoms with E-state index in [1.165, 1.54) is 12.1 Å². The number of halogens is 1. The minimum Gasteiger partial charge on any atom is -0.363 e. The molecular formula is C21H22FN3O3. The van der Waals surface area contributed by atoms with Gasteiger partial charge in [-0.25, -0.2) is 4.39 Å². The van der Waals surface area contributed by atoms with Gasteiger partial charge in [0.1, 0.15) is 12.4 Å². The number of aryl methyl sites for hydroxylation is 1. The van der Waals surface area contributed by atoms with E-state index < -0.39 is 5.60 Å². The van der Waals surface area contributed by atoms with Crippen molar-refractivity contribution in [1.82, 2.24) is 9.88 Å². The standard InChI is InChI=1S/C21H22FN3O3/c1-15-5-6-16(12-23-15)20(27)24-9-7-21(8-10-24)14-25(19(26)13-28-21)18-4-2-3-17(22)11-18/h2-6,11-12H,7-10,13-14H2,1H3. The SMILES string of the molecule is Cc1ccc(C(=O)N2CCC3(CC2)CN(c2cccc(F)c2)C(=O)CO3)cn1. The Kier molecular flexibility index (Phi) is 4.85. The van der Waals surface area contributed by atoms with Crippen LogP contribution in [0.5, 0.6) is 0 Å². The molecule has 2 fully saturated rings. The molecule has 3 heterocycles. The number of amides is 2. The van der Waals surface area contributed by atoms with E-state index in [2.05, 4.69) is 4.98 Å². The van der Waals surface area contributed by atoms with Gasteiger partial charge in [-0.05, 0) is 50.1 Å². The Bertz CT molecular complexity index is 892. The normalized spacial score (nSPS) is 19.1. The maximum absolute atomic E-state index is 13.6. The lowest BCUT2D eigenvalue weighted by Gasteiger charge is -2.47. The minimum atomic E-state index is -0.511. The maximum atomic E-state index is 13.6. The van der Waals surface area contributed by atoms with E-state index in [-0.39, 0.29) is 24.2 Å². The quantitative estimate of drug-likeness (QED) is 0.800. The van der Waals surface area contributed by atoms with Crippen molar-refractivity contribution in [3.63, 3.8) is 0 Å². The van der Waals surface area contributed by atoms with Gasteiger partial charge >= 0.3 is 0 Å². The molecule has 0 aliphatic carbocycles. The number of hydrogen-bond donors (Lipinski definition) is 0. The summed E-state index contributed by atoms with van der Waals surface area (Å²) in [6.45, 7) is 3.29. The number of carbonyl (C=O) groups is 2. The molecule has 1 aromatic heterocycles. The third-order valence-corrected chi connectivity index (χ3v) is 5.49. The molecule has 2 aliphatic heterocycles. The van der Waals surface area contributed by atoms with Crippen molar-refractivity contribution in [3.05, 3.63) is 59.7 Å². The van der Waals surface area contributed by atoms with Crippen LogP contribution in [-0.2, 0) is 9.53 Å². The molecule has 2 aliphatic rings. The van der Waals surface area contributed by atoms with Crippen LogP contribution in [0.1, 0.15) is 28.9 Å². The van der Waals surface area contributed by atoms with Gasteiger partial charge in [-0.2, -0.15) is 0 Å². The molecule has 4 rings (SSSR count). The number of morpholine rings is 1. The number of benzene rings is 1. The highest BCUT2D eigenvalue weighted by Crippen LogP contribution is 2.33. The Morgan fingerprint density at radius 3 is 2.68 bits per heavy atom. The predicted molar refractivity (Wildman–Crippen MR) is 102 cm³/mol. The van der Waals surface area contributed by atoms with E-state index in [0.29, 0.717) is 43.7 Å². The number of rotatable bonds is 2. The van der Waals surface area contributed by atoms with Crippen molar-refractivity contribution in [2.75, 3.05) is 31.1 Å². The Hall–Kier alpha value is -2.80. The zero-order valence-electron chi connectivity index (χ0n) is 15.7. The van der Waals surface area contributed by atoms with Crippen LogP contribution >= 0.6 is 0 Å². The van der Waals surface area contributed by atoms with E-state index in [4.69, 9.17) is 4.74 Å². The van der Waals surface area contributed by atoms with Crippen LogP contribution < -0.4 is 4.90 Å². The van der Waals surface area contributed by atoms with E-state index in [9.17, 15) is 14.0 Å². The summed E-state index contributed by atoms with van der Waals surface area (Å²) in [6, 6.07) is 9.65. The van der Waals surface area contributed by atoms with Crippen molar-refractivity contribution in [3.8, 4) is 0 Å². The summed E-state index contributed by atoms with van der Waals surface area (Å²) in [5, 5.41) is 0. The number of aromatic nitrogens is 1. The smallest absolute Gasteiger partial charge is 0.255 e. The number of likely N-dealkylation sites (tertiary alicyclic amines) is 1. The molecule has 146 valence electrons. The number of carbonyl (C=O) groups excluding carboxylic acids is 2. The fourth-order valence-corrected chi connectivity index (χ4v) is 3.79. The summed E-state index contributed by atoms with van der Waals surface area (Å²) in [6.07, 6.45) is 2.84. The first-order valence-electron chi connectivity index (χ1n) is 9.38. The van der Waals surface area contributed by atoms with Gasteiger partial charge in [-0.1, -0.05) is 6.07 Å². The number of hydrogen-bond acceptors (Lipinski definition) is 4. The van der Waals surface area contributed by atoms with Gasteiger partial charge in [0, 0.05) is 30.7 Å². The number of ether oxygens (including phenoxy) is 1. The highest BCUT2D eigenvalue weighted by molar-refractivity contribution is 5.95. The monoisotopic (exact) mass is 383 g/mol. The van der Waals surface area contributed by atoms with Gasteiger partial charge in [-0.3, -0.25) is 14.6 Å². The van der Waals surface area contributed by atoms with Crippen LogP contribution in [-0.4, -0.2) is 53.5 Å². The Labute approximate surface area is 162 Å². The second-order valence-electron chi connectivity index (χ2n) is 7.41. The average Bonchev–Trinajstić information content (AvgIpc) is 2.71. The lowest BCUT2D eigenvalue weighted by Crippen LogP contribution is -2.59. The van der Waals surface area contributed by atoms with Crippen molar-refractivity contribution in [1.29, 1.82) is 0 Å². The van der Waals surface area contributed by atoms with Gasteiger partial charge in [0.2, 0.25) is 0 Å². The molecule has 7 heteroatoms. The first-order valence-corrected chi connectivity index (χ1v) is 9.38. The second kappa shape index (κ2) is 7.31. The molecule has 1 aromatic carbocycles. The molecule has 1 spiro atoms. The molecule has 28 heavy (non-hydrogen) atoms. The summed E-state index contributed by atoms with van der Waals surface area (Å²) >= 11 is 0. The molecule has 0 unspecified atom stereocenters. The molecule has 0 N–H and O–H groups in total. The van der Waals surface area contributed by atoms with Crippen molar-refractivity contribution >= 4 is 17.5 Å². The van der Waals surface area contributed by atoms with E-state index in [1.807, 2.05) is 13.0 Å². The van der Waals surface area contributed by atoms with Crippen LogP contribution in [0.15, 0.2) is 42.6 Å². The first kappa shape index (κ1) is 18.6. The summed E-state index contributed by atoms with van der Waals surface area (Å²) in [5.41, 5.74) is 1.47. The summed E-state index contributed by atoms with van der Waals surface area (Å²) in [4.78, 5) is 32.6. The highest BCUT2D eigenvalue weighted by Gasteiger charge is 2.43. The van der Waals surface area contributed by atoms with Crippen LogP contribution in [0.25, 0.3) is 0 Å². The largest absolute Gasteiger partial charge is 0.363 e. The van der Waals surface area contributed by atoms with Crippen molar-refractivity contribution < 1.29 is 18.7 Å². The predicted octanol–water partition coefficient (Wildman–Crippen LogP) is 2.57. The number of nitrogens with zero attached hydrogens (tertiary/aromatic N) is 3. The van der Waals surface area contributed by atoms with Gasteiger partial charge in [0.05, 0.1) is 17.7 Å². The van der Waals surface area contributed by atoms with E-state index in [0.717, 1.165) is 5.69 Å². The van der Waals surface area contributed by atoms with Crippen molar-refractivity contribution in [2.24, 2.45) is 0 Å². The lowest BCUT2D eigenvalue weighted by molar-refractivity contribution is -0.143. The van der Waals surface area contributed by atoms with Gasteiger partial charge in [-0.15, -0.1) is 0 Å². The topological polar surface area (TPSA) is 62.7 Å². The van der Waals surface area contributed by atoms with Gasteiger partial charge < -0.3 is 14.5 Å². The minimum absolute atomic E-state index is 0.0354. The number of pyridine rings is 1. The molecule has 0 atom stereocenters. The summed E-state index contributed by atoms with van der Waals surface area (Å²) in [7, 11) is 0. The lowest BCUT2D eigenvalue weighted by atomic mass is 9.88. The Morgan fingerprint density at radius 2 is 2.00 bits per heavy atom.